The average Bonchev–Trinajstić information content (AvgIpc) is 4.16. The van der Waals surface area contributed by atoms with Crippen LogP contribution in [0, 0.1) is 24.2 Å². The van der Waals surface area contributed by atoms with Gasteiger partial charge in [-0.25, -0.2) is 4.98 Å². The number of anilines is 2. The van der Waals surface area contributed by atoms with Gasteiger partial charge in [-0.1, -0.05) is 210 Å². The third-order valence-corrected chi connectivity index (χ3v) is 15.0. The molecule has 0 bridgehead atoms. The number of nitrogens with zero attached hydrogens (tertiary/aromatic N) is 4. The second-order valence-electron chi connectivity index (χ2n) is 24.8. The van der Waals surface area contributed by atoms with Crippen molar-refractivity contribution < 1.29 is 28.5 Å². The number of benzene rings is 8. The molecule has 0 saturated heterocycles. The standard InChI is InChI=1S/C71H67N4O.Pt/c1-68(2,3)43-45-35-46(37-48(36-45)70(7,8)9)53-26-19-27-60-56-23-15-13-21-54(56)55-22-14-16-24-57(55)61-28-20-30-63-67(61)74(66(53)60)44-73(63)50-38-49(71(10,11)12)39-52(41-50)76-51-31-32-59-58-25-17-18-29-62(58)75(64(59)42-51)65-40-47(33-34-72-65)69(4,5)6;/h13-40,44H,43H2,1-12H3;/q-3;/i43D2;. The number of hydrogen-bond donors (Lipinski definition) is 0. The van der Waals surface area contributed by atoms with Crippen LogP contribution in [-0.4, -0.2) is 14.1 Å². The Balaban J connectivity index is 0.00000660. The molecule has 0 amide bonds. The number of aromatic nitrogens is 3. The first-order valence-corrected chi connectivity index (χ1v) is 26.7. The van der Waals surface area contributed by atoms with Gasteiger partial charge in [0.2, 0.25) is 0 Å². The number of rotatable bonds is 6. The van der Waals surface area contributed by atoms with Crippen LogP contribution in [0.15, 0.2) is 170 Å². The minimum absolute atomic E-state index is 0. The van der Waals surface area contributed by atoms with E-state index in [1.807, 2.05) is 33.0 Å². The van der Waals surface area contributed by atoms with Crippen LogP contribution in [0.3, 0.4) is 0 Å². The van der Waals surface area contributed by atoms with Crippen LogP contribution in [0.1, 0.15) is 108 Å². The topological polar surface area (TPSA) is 35.2 Å². The van der Waals surface area contributed by atoms with E-state index in [0.29, 0.717) is 17.1 Å². The molecule has 5 nitrogen and oxygen atoms in total. The van der Waals surface area contributed by atoms with Crippen LogP contribution < -0.4 is 9.64 Å². The van der Waals surface area contributed by atoms with Gasteiger partial charge in [0.25, 0.3) is 0 Å². The Kier molecular flexibility index (Phi) is 12.1. The first kappa shape index (κ1) is 49.3. The molecule has 390 valence electrons. The number of hydrogen-bond acceptors (Lipinski definition) is 3. The Morgan fingerprint density at radius 3 is 1.75 bits per heavy atom. The predicted octanol–water partition coefficient (Wildman–Crippen LogP) is 19.4. The van der Waals surface area contributed by atoms with Gasteiger partial charge < -0.3 is 18.8 Å². The van der Waals surface area contributed by atoms with Crippen molar-refractivity contribution in [1.82, 2.24) is 14.1 Å². The second-order valence-corrected chi connectivity index (χ2v) is 24.8. The van der Waals surface area contributed by atoms with E-state index in [9.17, 15) is 2.74 Å². The van der Waals surface area contributed by atoms with Crippen LogP contribution in [0.5, 0.6) is 11.5 Å². The molecule has 0 fully saturated rings. The van der Waals surface area contributed by atoms with Gasteiger partial charge in [0, 0.05) is 52.7 Å². The van der Waals surface area contributed by atoms with Gasteiger partial charge in [-0.2, -0.15) is 6.07 Å². The largest absolute Gasteiger partial charge is 0.509 e. The number of ether oxygens (including phenoxy) is 1. The minimum atomic E-state index is -1.63. The molecule has 0 N–H and O–H groups in total. The third kappa shape index (κ3) is 9.45. The van der Waals surface area contributed by atoms with E-state index in [2.05, 4.69) is 253 Å². The number of pyridine rings is 1. The molecular formula is C71H67N4OPt-3. The smallest absolute Gasteiger partial charge is 0.135 e. The molecule has 1 aliphatic rings. The fraction of sp³-hybridized carbons (Fsp3) is 0.239. The number of fused-ring (bicyclic) bond motifs is 10. The summed E-state index contributed by atoms with van der Waals surface area (Å²) in [6.07, 6.45) is 0.278. The summed E-state index contributed by atoms with van der Waals surface area (Å²) in [5.41, 5.74) is 10.6. The van der Waals surface area contributed by atoms with Crippen LogP contribution >= 0.6 is 0 Å². The van der Waals surface area contributed by atoms with Crippen molar-refractivity contribution in [3.63, 3.8) is 0 Å². The van der Waals surface area contributed by atoms with Crippen LogP contribution in [0.4, 0.5) is 11.4 Å². The maximum absolute atomic E-state index is 9.64. The van der Waals surface area contributed by atoms with Crippen LogP contribution in [0.25, 0.3) is 82.1 Å². The summed E-state index contributed by atoms with van der Waals surface area (Å²) in [5.74, 6) is 1.99. The Hall–Kier alpha value is -7.33. The summed E-state index contributed by atoms with van der Waals surface area (Å²) in [6, 6.07) is 66.0. The van der Waals surface area contributed by atoms with Crippen molar-refractivity contribution in [1.29, 1.82) is 0 Å². The molecule has 0 spiro atoms. The van der Waals surface area contributed by atoms with Gasteiger partial charge in [0.05, 0.1) is 0 Å². The van der Waals surface area contributed by atoms with E-state index >= 15 is 0 Å². The minimum Gasteiger partial charge on any atom is -0.509 e. The summed E-state index contributed by atoms with van der Waals surface area (Å²) in [4.78, 5) is 7.20. The maximum Gasteiger partial charge on any atom is 0.135 e. The molecular weight excluding hydrogens is 1120 g/mol. The Morgan fingerprint density at radius 2 is 1.10 bits per heavy atom. The molecule has 6 heteroatoms. The second kappa shape index (κ2) is 19.0. The van der Waals surface area contributed by atoms with E-state index in [1.165, 1.54) is 5.56 Å². The van der Waals surface area contributed by atoms with E-state index in [1.54, 1.807) is 0 Å². The zero-order valence-electron chi connectivity index (χ0n) is 48.3. The summed E-state index contributed by atoms with van der Waals surface area (Å²) >= 11 is 0. The Morgan fingerprint density at radius 1 is 0.519 bits per heavy atom. The summed E-state index contributed by atoms with van der Waals surface area (Å²) < 4.78 is 30.9. The normalized spacial score (nSPS) is 13.5. The maximum atomic E-state index is 9.64. The van der Waals surface area contributed by atoms with Crippen molar-refractivity contribution in [2.75, 3.05) is 4.90 Å². The zero-order valence-corrected chi connectivity index (χ0v) is 48.5. The van der Waals surface area contributed by atoms with Gasteiger partial charge in [0.1, 0.15) is 5.82 Å². The van der Waals surface area contributed by atoms with Crippen LogP contribution in [-0.2, 0) is 43.7 Å². The summed E-state index contributed by atoms with van der Waals surface area (Å²) in [5, 5.41) is 8.90. The Labute approximate surface area is 471 Å². The fourth-order valence-electron chi connectivity index (χ4n) is 11.1. The molecule has 0 unspecified atom stereocenters. The van der Waals surface area contributed by atoms with Crippen molar-refractivity contribution >= 4 is 76.5 Å². The van der Waals surface area contributed by atoms with Crippen LogP contribution in [0.2, 0.25) is 0 Å². The first-order chi connectivity index (χ1) is 37.0. The van der Waals surface area contributed by atoms with E-state index in [-0.39, 0.29) is 37.3 Å². The fourth-order valence-corrected chi connectivity index (χ4v) is 11.1. The summed E-state index contributed by atoms with van der Waals surface area (Å²) in [6.45, 7) is 28.2. The monoisotopic (exact) mass is 1190 g/mol. The van der Waals surface area contributed by atoms with E-state index < -0.39 is 11.8 Å². The van der Waals surface area contributed by atoms with E-state index in [4.69, 9.17) is 9.72 Å². The molecule has 8 aromatic carbocycles. The summed E-state index contributed by atoms with van der Waals surface area (Å²) in [7, 11) is 0. The Bertz CT molecular complexity index is 4310. The SMILES string of the molecule is [2H]C([2H])(c1cc(-c2cccc3c4ccccc4c4ccccc4c4cccc5c4n(c23)[CH-]N5c2[c-]c(Oc3[c-]c4c(cc3)c3ccccc3n4-c3cc(C(C)(C)C)ccn3)cc(C(C)(C)C)c2)cc(C(C)(C)C)c1)C(C)(C)C.[Pt]. The first-order valence-electron chi connectivity index (χ1n) is 27.7. The molecule has 12 rings (SSSR count). The van der Waals surface area contributed by atoms with Gasteiger partial charge in [-0.3, -0.25) is 0 Å². The molecule has 1 aliphatic heterocycles. The molecule has 0 atom stereocenters. The van der Waals surface area contributed by atoms with Gasteiger partial charge in [0.15, 0.2) is 0 Å². The molecule has 4 heterocycles. The average molecular weight is 1190 g/mol. The van der Waals surface area contributed by atoms with Crippen molar-refractivity contribution in [3.8, 4) is 28.4 Å². The van der Waals surface area contributed by atoms with Gasteiger partial charge in [-0.05, 0) is 136 Å². The molecule has 0 saturated carbocycles. The molecule has 0 radical (unpaired) electrons. The van der Waals surface area contributed by atoms with Gasteiger partial charge in [-0.15, -0.1) is 41.3 Å². The molecule has 77 heavy (non-hydrogen) atoms. The number of para-hydroxylation sites is 3. The molecule has 11 aromatic rings. The van der Waals surface area contributed by atoms with Crippen molar-refractivity contribution in [2.24, 2.45) is 5.41 Å². The van der Waals surface area contributed by atoms with Gasteiger partial charge >= 0.3 is 0 Å². The van der Waals surface area contributed by atoms with Crippen molar-refractivity contribution in [2.45, 2.75) is 106 Å². The molecule has 3 aromatic heterocycles. The van der Waals surface area contributed by atoms with E-state index in [0.717, 1.165) is 105 Å². The third-order valence-electron chi connectivity index (χ3n) is 15.0. The quantitative estimate of drug-likeness (QED) is 0.156. The zero-order chi connectivity index (χ0) is 54.8. The van der Waals surface area contributed by atoms with Crippen molar-refractivity contribution in [3.05, 3.63) is 211 Å². The molecule has 0 aliphatic carbocycles. The predicted molar refractivity (Wildman–Crippen MR) is 321 cm³/mol.